The fraction of sp³-hybridized carbons (Fsp3) is 0.118. The van der Waals surface area contributed by atoms with Crippen molar-refractivity contribution >= 4 is 17.4 Å². The number of nitro groups is 1. The number of hydrogen-bond donors (Lipinski definition) is 0. The smallest absolute Gasteiger partial charge is 0.273 e. The molecule has 0 unspecified atom stereocenters. The Morgan fingerprint density at radius 3 is 2.67 bits per heavy atom. The van der Waals surface area contributed by atoms with E-state index in [9.17, 15) is 10.1 Å². The summed E-state index contributed by atoms with van der Waals surface area (Å²) < 4.78 is 7.11. The van der Waals surface area contributed by atoms with E-state index in [1.807, 2.05) is 35.0 Å². The number of thioether (sulfide) groups is 1. The van der Waals surface area contributed by atoms with Crippen LogP contribution in [0.1, 0.15) is 5.56 Å². The Hall–Kier alpha value is -2.80. The third-order valence-corrected chi connectivity index (χ3v) is 4.52. The fourth-order valence-electron chi connectivity index (χ4n) is 2.29. The maximum Gasteiger partial charge on any atom is 0.273 e. The third-order valence-electron chi connectivity index (χ3n) is 3.50. The molecule has 0 aliphatic rings. The molecule has 0 saturated heterocycles. The minimum atomic E-state index is -0.355. The lowest BCUT2D eigenvalue weighted by molar-refractivity contribution is -0.385. The van der Waals surface area contributed by atoms with Gasteiger partial charge in [-0.05, 0) is 24.3 Å². The fourth-order valence-corrected chi connectivity index (χ4v) is 3.26. The Morgan fingerprint density at radius 2 is 1.96 bits per heavy atom. The Kier molecular flexibility index (Phi) is 4.81. The van der Waals surface area contributed by atoms with E-state index in [-0.39, 0.29) is 10.6 Å². The number of aromatic nitrogens is 2. The molecule has 1 heterocycles. The number of rotatable bonds is 6. The van der Waals surface area contributed by atoms with Gasteiger partial charge in [-0.25, -0.2) is 4.98 Å². The monoisotopic (exact) mass is 341 g/mol. The van der Waals surface area contributed by atoms with Crippen LogP contribution in [0.25, 0.3) is 5.69 Å². The average Bonchev–Trinajstić information content (AvgIpc) is 3.08. The lowest BCUT2D eigenvalue weighted by Gasteiger charge is -2.08. The van der Waals surface area contributed by atoms with E-state index in [2.05, 4.69) is 4.98 Å². The standard InChI is InChI=1S/C17H15N3O3S/c1-23-15-8-6-14(7-9-15)19-11-10-18-17(19)24-12-13-4-2-3-5-16(13)20(21)22/h2-11H,12H2,1H3. The summed E-state index contributed by atoms with van der Waals surface area (Å²) in [6, 6.07) is 14.4. The molecule has 122 valence electrons. The number of para-hydroxylation sites is 1. The zero-order valence-corrected chi connectivity index (χ0v) is 13.8. The molecule has 0 fully saturated rings. The molecule has 0 saturated carbocycles. The van der Waals surface area contributed by atoms with Crippen LogP contribution in [-0.2, 0) is 5.75 Å². The predicted molar refractivity (Wildman–Crippen MR) is 92.8 cm³/mol. The van der Waals surface area contributed by atoms with Crippen molar-refractivity contribution in [3.63, 3.8) is 0 Å². The van der Waals surface area contributed by atoms with Crippen molar-refractivity contribution in [2.75, 3.05) is 7.11 Å². The Balaban J connectivity index is 1.80. The second-order valence-corrected chi connectivity index (χ2v) is 5.89. The van der Waals surface area contributed by atoms with Crippen LogP contribution in [-0.4, -0.2) is 21.6 Å². The van der Waals surface area contributed by atoms with Gasteiger partial charge in [-0.15, -0.1) is 0 Å². The molecule has 3 aromatic rings. The largest absolute Gasteiger partial charge is 0.497 e. The van der Waals surface area contributed by atoms with Gasteiger partial charge >= 0.3 is 0 Å². The number of hydrogen-bond acceptors (Lipinski definition) is 5. The van der Waals surface area contributed by atoms with Gasteiger partial charge in [0.2, 0.25) is 0 Å². The summed E-state index contributed by atoms with van der Waals surface area (Å²) in [5, 5.41) is 11.9. The molecular formula is C17H15N3O3S. The van der Waals surface area contributed by atoms with Crippen LogP contribution >= 0.6 is 11.8 Å². The predicted octanol–water partition coefficient (Wildman–Crippen LogP) is 4.08. The van der Waals surface area contributed by atoms with Crippen LogP contribution in [0.2, 0.25) is 0 Å². The van der Waals surface area contributed by atoms with Crippen LogP contribution in [0, 0.1) is 10.1 Å². The molecular weight excluding hydrogens is 326 g/mol. The van der Waals surface area contributed by atoms with Crippen molar-refractivity contribution < 1.29 is 9.66 Å². The summed E-state index contributed by atoms with van der Waals surface area (Å²) in [5.41, 5.74) is 1.77. The van der Waals surface area contributed by atoms with Gasteiger partial charge in [-0.2, -0.15) is 0 Å². The molecule has 1 aromatic heterocycles. The summed E-state index contributed by atoms with van der Waals surface area (Å²) in [6.07, 6.45) is 3.58. The molecule has 0 N–H and O–H groups in total. The summed E-state index contributed by atoms with van der Waals surface area (Å²) in [7, 11) is 1.63. The van der Waals surface area contributed by atoms with Gasteiger partial charge in [0, 0.05) is 35.5 Å². The lowest BCUT2D eigenvalue weighted by Crippen LogP contribution is -1.97. The molecule has 0 radical (unpaired) electrons. The summed E-state index contributed by atoms with van der Waals surface area (Å²) >= 11 is 1.46. The van der Waals surface area contributed by atoms with Crippen LogP contribution < -0.4 is 4.74 Å². The highest BCUT2D eigenvalue weighted by atomic mass is 32.2. The molecule has 24 heavy (non-hydrogen) atoms. The zero-order valence-electron chi connectivity index (χ0n) is 13.0. The summed E-state index contributed by atoms with van der Waals surface area (Å²) in [5.74, 6) is 1.26. The summed E-state index contributed by atoms with van der Waals surface area (Å²) in [4.78, 5) is 15.1. The van der Waals surface area contributed by atoms with Crippen LogP contribution in [0.5, 0.6) is 5.75 Å². The van der Waals surface area contributed by atoms with Crippen molar-refractivity contribution in [3.8, 4) is 11.4 Å². The van der Waals surface area contributed by atoms with E-state index >= 15 is 0 Å². The van der Waals surface area contributed by atoms with Crippen molar-refractivity contribution in [2.24, 2.45) is 0 Å². The van der Waals surface area contributed by atoms with Gasteiger partial charge < -0.3 is 4.74 Å². The molecule has 0 amide bonds. The lowest BCUT2D eigenvalue weighted by atomic mass is 10.2. The van der Waals surface area contributed by atoms with Gasteiger partial charge in [0.05, 0.1) is 12.0 Å². The molecule has 3 rings (SSSR count). The number of methoxy groups -OCH3 is 1. The molecule has 0 aliphatic carbocycles. The van der Waals surface area contributed by atoms with Crippen molar-refractivity contribution in [1.29, 1.82) is 0 Å². The number of benzene rings is 2. The minimum Gasteiger partial charge on any atom is -0.497 e. The maximum absolute atomic E-state index is 11.1. The summed E-state index contributed by atoms with van der Waals surface area (Å²) in [6.45, 7) is 0. The topological polar surface area (TPSA) is 70.2 Å². The highest BCUT2D eigenvalue weighted by Crippen LogP contribution is 2.28. The Labute approximate surface area is 143 Å². The first-order chi connectivity index (χ1) is 11.7. The molecule has 7 heteroatoms. The Morgan fingerprint density at radius 1 is 1.21 bits per heavy atom. The van der Waals surface area contributed by atoms with E-state index in [0.717, 1.165) is 16.6 Å². The van der Waals surface area contributed by atoms with Gasteiger partial charge in [0.15, 0.2) is 5.16 Å². The number of nitro benzene ring substituents is 1. The van der Waals surface area contributed by atoms with Crippen molar-refractivity contribution in [1.82, 2.24) is 9.55 Å². The van der Waals surface area contributed by atoms with Crippen molar-refractivity contribution in [2.45, 2.75) is 10.9 Å². The highest BCUT2D eigenvalue weighted by molar-refractivity contribution is 7.98. The molecule has 2 aromatic carbocycles. The molecule has 6 nitrogen and oxygen atoms in total. The van der Waals surface area contributed by atoms with E-state index in [1.165, 1.54) is 17.8 Å². The number of imidazole rings is 1. The third kappa shape index (κ3) is 3.41. The molecule has 0 aliphatic heterocycles. The molecule has 0 bridgehead atoms. The van der Waals surface area contributed by atoms with Gasteiger partial charge in [-0.3, -0.25) is 14.7 Å². The average molecular weight is 341 g/mol. The quantitative estimate of drug-likeness (QED) is 0.384. The second-order valence-electron chi connectivity index (χ2n) is 4.95. The zero-order chi connectivity index (χ0) is 16.9. The Bertz CT molecular complexity index is 846. The van der Waals surface area contributed by atoms with Crippen LogP contribution in [0.15, 0.2) is 66.1 Å². The first-order valence-electron chi connectivity index (χ1n) is 7.22. The SMILES string of the molecule is COc1ccc(-n2ccnc2SCc2ccccc2[N+](=O)[O-])cc1. The van der Waals surface area contributed by atoms with Crippen LogP contribution in [0.4, 0.5) is 5.69 Å². The molecule has 0 spiro atoms. The van der Waals surface area contributed by atoms with E-state index in [1.54, 1.807) is 31.5 Å². The number of ether oxygens (including phenoxy) is 1. The van der Waals surface area contributed by atoms with E-state index < -0.39 is 0 Å². The van der Waals surface area contributed by atoms with Gasteiger partial charge in [0.1, 0.15) is 5.75 Å². The molecule has 0 atom stereocenters. The van der Waals surface area contributed by atoms with E-state index in [0.29, 0.717) is 11.3 Å². The minimum absolute atomic E-state index is 0.132. The first kappa shape index (κ1) is 16.1. The number of nitrogens with zero attached hydrogens (tertiary/aromatic N) is 3. The highest BCUT2D eigenvalue weighted by Gasteiger charge is 2.14. The van der Waals surface area contributed by atoms with Crippen LogP contribution in [0.3, 0.4) is 0 Å². The second kappa shape index (κ2) is 7.18. The normalized spacial score (nSPS) is 10.5. The van der Waals surface area contributed by atoms with E-state index in [4.69, 9.17) is 4.74 Å². The van der Waals surface area contributed by atoms with Gasteiger partial charge in [0.25, 0.3) is 5.69 Å². The maximum atomic E-state index is 11.1. The first-order valence-corrected chi connectivity index (χ1v) is 8.20. The van der Waals surface area contributed by atoms with Gasteiger partial charge in [-0.1, -0.05) is 30.0 Å². The van der Waals surface area contributed by atoms with Crippen molar-refractivity contribution in [3.05, 3.63) is 76.6 Å².